The van der Waals surface area contributed by atoms with E-state index in [0.717, 1.165) is 18.5 Å². The molecule has 1 aliphatic carbocycles. The van der Waals surface area contributed by atoms with Gasteiger partial charge in [0.25, 0.3) is 5.79 Å². The number of esters is 2. The smallest absolute Gasteiger partial charge is 0.325 e. The van der Waals surface area contributed by atoms with E-state index in [1.165, 1.54) is 17.5 Å². The second-order valence-electron chi connectivity index (χ2n) is 6.01. The van der Waals surface area contributed by atoms with Gasteiger partial charge in [-0.05, 0) is 42.5 Å². The number of nitrogens with one attached hydrogen (secondary N) is 1. The van der Waals surface area contributed by atoms with Gasteiger partial charge in [0.15, 0.2) is 5.92 Å². The summed E-state index contributed by atoms with van der Waals surface area (Å²) in [6.07, 6.45) is 3.41. The van der Waals surface area contributed by atoms with Crippen molar-refractivity contribution in [1.82, 2.24) is 0 Å². The minimum absolute atomic E-state index is 0.187. The zero-order valence-electron chi connectivity index (χ0n) is 12.3. The van der Waals surface area contributed by atoms with Crippen molar-refractivity contribution in [3.8, 4) is 0 Å². The molecule has 0 radical (unpaired) electrons. The van der Waals surface area contributed by atoms with Gasteiger partial charge in [0, 0.05) is 26.1 Å². The fourth-order valence-electron chi connectivity index (χ4n) is 2.81. The highest BCUT2D eigenvalue weighted by Gasteiger charge is 2.42. The number of rotatable bonds is 3. The van der Waals surface area contributed by atoms with E-state index in [-0.39, 0.29) is 6.54 Å². The minimum atomic E-state index is -1.17. The van der Waals surface area contributed by atoms with E-state index in [4.69, 9.17) is 9.47 Å². The number of ether oxygens (including phenoxy) is 2. The Balaban J connectivity index is 1.65. The second-order valence-corrected chi connectivity index (χ2v) is 6.01. The Morgan fingerprint density at radius 1 is 1.14 bits per heavy atom. The highest BCUT2D eigenvalue weighted by Crippen LogP contribution is 2.26. The monoisotopic (exact) mass is 289 g/mol. The van der Waals surface area contributed by atoms with Gasteiger partial charge in [0.2, 0.25) is 0 Å². The fourth-order valence-corrected chi connectivity index (χ4v) is 2.81. The molecule has 0 saturated carbocycles. The molecule has 0 spiro atoms. The van der Waals surface area contributed by atoms with Gasteiger partial charge in [-0.3, -0.25) is 9.59 Å². The normalized spacial score (nSPS) is 20.7. The van der Waals surface area contributed by atoms with Crippen LogP contribution in [0.2, 0.25) is 0 Å². The second kappa shape index (κ2) is 5.06. The number of benzene rings is 1. The Kier molecular flexibility index (Phi) is 3.35. The van der Waals surface area contributed by atoms with Crippen LogP contribution in [0.3, 0.4) is 0 Å². The molecule has 5 heteroatoms. The van der Waals surface area contributed by atoms with Crippen LogP contribution in [0.15, 0.2) is 18.2 Å². The van der Waals surface area contributed by atoms with Gasteiger partial charge in [0.1, 0.15) is 0 Å². The molecular formula is C16H19NO4. The molecule has 1 aromatic carbocycles. The van der Waals surface area contributed by atoms with Crippen molar-refractivity contribution in [1.29, 1.82) is 0 Å². The molecule has 1 fully saturated rings. The first-order chi connectivity index (χ1) is 9.94. The quantitative estimate of drug-likeness (QED) is 0.681. The lowest BCUT2D eigenvalue weighted by Gasteiger charge is -2.32. The first-order valence-corrected chi connectivity index (χ1v) is 7.26. The third-order valence-electron chi connectivity index (χ3n) is 3.87. The van der Waals surface area contributed by atoms with Crippen molar-refractivity contribution < 1.29 is 19.1 Å². The van der Waals surface area contributed by atoms with E-state index in [9.17, 15) is 9.59 Å². The van der Waals surface area contributed by atoms with Crippen LogP contribution in [0.1, 0.15) is 31.4 Å². The van der Waals surface area contributed by atoms with Gasteiger partial charge in [0.05, 0.1) is 0 Å². The predicted molar refractivity (Wildman–Crippen MR) is 76.7 cm³/mol. The summed E-state index contributed by atoms with van der Waals surface area (Å²) in [5.74, 6) is -3.15. The zero-order valence-corrected chi connectivity index (χ0v) is 12.3. The molecule has 1 aliphatic heterocycles. The van der Waals surface area contributed by atoms with Crippen molar-refractivity contribution in [3.05, 3.63) is 29.3 Å². The summed E-state index contributed by atoms with van der Waals surface area (Å²) in [5.41, 5.74) is 3.65. The molecule has 0 atom stereocenters. The number of carbonyl (C=O) groups excluding carboxylic acids is 2. The lowest BCUT2D eigenvalue weighted by molar-refractivity contribution is -0.239. The van der Waals surface area contributed by atoms with Crippen molar-refractivity contribution in [2.75, 3.05) is 11.9 Å². The molecule has 1 saturated heterocycles. The summed E-state index contributed by atoms with van der Waals surface area (Å²) >= 11 is 0. The molecule has 0 amide bonds. The van der Waals surface area contributed by atoms with Crippen LogP contribution >= 0.6 is 0 Å². The lowest BCUT2D eigenvalue weighted by atomic mass is 10.1. The molecule has 1 heterocycles. The first kappa shape index (κ1) is 13.9. The predicted octanol–water partition coefficient (Wildman–Crippen LogP) is 2.04. The highest BCUT2D eigenvalue weighted by molar-refractivity contribution is 5.97. The summed E-state index contributed by atoms with van der Waals surface area (Å²) in [7, 11) is 0. The van der Waals surface area contributed by atoms with E-state index in [1.807, 2.05) is 6.07 Å². The van der Waals surface area contributed by atoms with E-state index in [1.54, 1.807) is 13.8 Å². The maximum absolute atomic E-state index is 11.9. The maximum Gasteiger partial charge on any atom is 0.325 e. The molecule has 3 rings (SSSR count). The molecule has 1 N–H and O–H groups in total. The number of hydrogen-bond acceptors (Lipinski definition) is 5. The topological polar surface area (TPSA) is 64.6 Å². The molecule has 5 nitrogen and oxygen atoms in total. The zero-order chi connectivity index (χ0) is 15.0. The molecule has 2 aliphatic rings. The molecular weight excluding hydrogens is 270 g/mol. The Morgan fingerprint density at radius 3 is 2.52 bits per heavy atom. The third-order valence-corrected chi connectivity index (χ3v) is 3.87. The van der Waals surface area contributed by atoms with E-state index in [2.05, 4.69) is 17.4 Å². The standard InChI is InChI=1S/C16H19NO4/c1-16(2)20-14(18)13(15(19)21-16)9-17-12-7-6-10-4-3-5-11(10)8-12/h6-8,13,17H,3-5,9H2,1-2H3. The number of cyclic esters (lactones) is 2. The third kappa shape index (κ3) is 2.86. The average Bonchev–Trinajstić information content (AvgIpc) is 2.83. The number of fused-ring (bicyclic) bond motifs is 1. The van der Waals surface area contributed by atoms with Crippen molar-refractivity contribution in [2.45, 2.75) is 38.9 Å². The Bertz CT molecular complexity index is 574. The number of anilines is 1. The van der Waals surface area contributed by atoms with Crippen LogP contribution in [0, 0.1) is 5.92 Å². The highest BCUT2D eigenvalue weighted by atomic mass is 16.7. The van der Waals surface area contributed by atoms with Crippen LogP contribution < -0.4 is 5.32 Å². The van der Waals surface area contributed by atoms with Gasteiger partial charge in [-0.15, -0.1) is 0 Å². The fraction of sp³-hybridized carbons (Fsp3) is 0.500. The van der Waals surface area contributed by atoms with E-state index < -0.39 is 23.6 Å². The number of aryl methyl sites for hydroxylation is 2. The number of hydrogen-bond donors (Lipinski definition) is 1. The average molecular weight is 289 g/mol. The largest absolute Gasteiger partial charge is 0.422 e. The summed E-state index contributed by atoms with van der Waals surface area (Å²) in [6.45, 7) is 3.28. The Hall–Kier alpha value is -2.04. The van der Waals surface area contributed by atoms with Crippen molar-refractivity contribution in [2.24, 2.45) is 5.92 Å². The summed E-state index contributed by atoms with van der Waals surface area (Å²) < 4.78 is 10.2. The molecule has 1 aromatic rings. The molecule has 112 valence electrons. The molecule has 0 unspecified atom stereocenters. The first-order valence-electron chi connectivity index (χ1n) is 7.26. The van der Waals surface area contributed by atoms with Crippen LogP contribution in [0.4, 0.5) is 5.69 Å². The van der Waals surface area contributed by atoms with Gasteiger partial charge < -0.3 is 14.8 Å². The SMILES string of the molecule is CC1(C)OC(=O)C(CNc2ccc3c(c2)CCC3)C(=O)O1. The Morgan fingerprint density at radius 2 is 1.81 bits per heavy atom. The van der Waals surface area contributed by atoms with Gasteiger partial charge in [-0.25, -0.2) is 0 Å². The summed E-state index contributed by atoms with van der Waals surface area (Å²) in [4.78, 5) is 23.7. The molecule has 21 heavy (non-hydrogen) atoms. The lowest BCUT2D eigenvalue weighted by Crippen LogP contribution is -2.48. The van der Waals surface area contributed by atoms with Crippen LogP contribution in [-0.4, -0.2) is 24.3 Å². The van der Waals surface area contributed by atoms with Crippen LogP contribution in [0.5, 0.6) is 0 Å². The molecule has 0 aromatic heterocycles. The summed E-state index contributed by atoms with van der Waals surface area (Å²) in [6, 6.07) is 6.17. The Labute approximate surface area is 123 Å². The maximum atomic E-state index is 11.9. The van der Waals surface area contributed by atoms with Crippen molar-refractivity contribution >= 4 is 17.6 Å². The van der Waals surface area contributed by atoms with Gasteiger partial charge in [-0.1, -0.05) is 6.07 Å². The van der Waals surface area contributed by atoms with Crippen molar-refractivity contribution in [3.63, 3.8) is 0 Å². The van der Waals surface area contributed by atoms with E-state index in [0.29, 0.717) is 0 Å². The van der Waals surface area contributed by atoms with Crippen LogP contribution in [0.25, 0.3) is 0 Å². The minimum Gasteiger partial charge on any atom is -0.422 e. The van der Waals surface area contributed by atoms with Gasteiger partial charge >= 0.3 is 11.9 Å². The summed E-state index contributed by atoms with van der Waals surface area (Å²) in [5, 5.41) is 3.13. The number of carbonyl (C=O) groups is 2. The molecule has 0 bridgehead atoms. The van der Waals surface area contributed by atoms with E-state index >= 15 is 0 Å². The van der Waals surface area contributed by atoms with Gasteiger partial charge in [-0.2, -0.15) is 0 Å². The van der Waals surface area contributed by atoms with Crippen LogP contribution in [-0.2, 0) is 31.9 Å².